The molecular formula is C19H19N3O4. The molecule has 0 bridgehead atoms. The molecule has 0 spiro atoms. The van der Waals surface area contributed by atoms with Gasteiger partial charge in [0.15, 0.2) is 0 Å². The molecule has 2 N–H and O–H groups in total. The molecule has 0 aliphatic rings. The highest BCUT2D eigenvalue weighted by Gasteiger charge is 2.21. The molecule has 0 aliphatic carbocycles. The van der Waals surface area contributed by atoms with Crippen LogP contribution >= 0.6 is 0 Å². The van der Waals surface area contributed by atoms with Crippen molar-refractivity contribution in [2.24, 2.45) is 0 Å². The Morgan fingerprint density at radius 3 is 2.62 bits per heavy atom. The Balaban J connectivity index is 1.55. The van der Waals surface area contributed by atoms with E-state index in [2.05, 4.69) is 10.3 Å². The number of nitrogens with one attached hydrogen (secondary N) is 1. The molecule has 1 unspecified atom stereocenters. The summed E-state index contributed by atoms with van der Waals surface area (Å²) in [7, 11) is 0. The highest BCUT2D eigenvalue weighted by Crippen LogP contribution is 2.13. The number of carbonyl (C=O) groups is 2. The maximum atomic E-state index is 11.9. The first-order valence-corrected chi connectivity index (χ1v) is 8.23. The smallest absolute Gasteiger partial charge is 0.408 e. The largest absolute Gasteiger partial charge is 0.480 e. The van der Waals surface area contributed by atoms with E-state index in [1.165, 1.54) is 0 Å². The van der Waals surface area contributed by atoms with Gasteiger partial charge in [-0.2, -0.15) is 0 Å². The number of nitrogens with zero attached hydrogens (tertiary/aromatic N) is 2. The summed E-state index contributed by atoms with van der Waals surface area (Å²) in [5.74, 6) is -1.11. The molecule has 7 heteroatoms. The molecule has 0 saturated heterocycles. The van der Waals surface area contributed by atoms with Crippen LogP contribution in [0.5, 0.6) is 0 Å². The monoisotopic (exact) mass is 353 g/mol. The number of ether oxygens (including phenoxy) is 1. The number of aromatic nitrogens is 2. The van der Waals surface area contributed by atoms with Crippen LogP contribution < -0.4 is 5.32 Å². The number of para-hydroxylation sites is 2. The van der Waals surface area contributed by atoms with Crippen molar-refractivity contribution < 1.29 is 19.4 Å². The minimum atomic E-state index is -1.11. The number of aliphatic carboxylic acids is 1. The lowest BCUT2D eigenvalue weighted by molar-refractivity contribution is -0.139. The van der Waals surface area contributed by atoms with Crippen LogP contribution in [0.1, 0.15) is 12.0 Å². The SMILES string of the molecule is O=C(NC(CCn1cnc2ccccc21)C(=O)O)OCc1ccccc1. The van der Waals surface area contributed by atoms with Gasteiger partial charge in [0.2, 0.25) is 0 Å². The second kappa shape index (κ2) is 8.15. The van der Waals surface area contributed by atoms with Crippen molar-refractivity contribution in [3.8, 4) is 0 Å². The van der Waals surface area contributed by atoms with E-state index in [0.29, 0.717) is 6.54 Å². The maximum absolute atomic E-state index is 11.9. The highest BCUT2D eigenvalue weighted by atomic mass is 16.5. The van der Waals surface area contributed by atoms with Crippen molar-refractivity contribution in [3.63, 3.8) is 0 Å². The normalized spacial score (nSPS) is 11.8. The van der Waals surface area contributed by atoms with Crippen LogP contribution in [0.3, 0.4) is 0 Å². The van der Waals surface area contributed by atoms with Crippen LogP contribution in [0.4, 0.5) is 4.79 Å². The Hall–Kier alpha value is -3.35. The van der Waals surface area contributed by atoms with Crippen LogP contribution in [0.2, 0.25) is 0 Å². The number of amides is 1. The predicted molar refractivity (Wildman–Crippen MR) is 95.5 cm³/mol. The molecule has 3 rings (SSSR count). The van der Waals surface area contributed by atoms with Gasteiger partial charge in [-0.3, -0.25) is 0 Å². The van der Waals surface area contributed by atoms with Crippen LogP contribution in [-0.4, -0.2) is 32.8 Å². The molecular weight excluding hydrogens is 334 g/mol. The molecule has 134 valence electrons. The van der Waals surface area contributed by atoms with Crippen molar-refractivity contribution in [1.29, 1.82) is 0 Å². The van der Waals surface area contributed by atoms with E-state index in [-0.39, 0.29) is 13.0 Å². The van der Waals surface area contributed by atoms with Gasteiger partial charge in [-0.15, -0.1) is 0 Å². The van der Waals surface area contributed by atoms with Crippen molar-refractivity contribution in [1.82, 2.24) is 14.9 Å². The zero-order valence-electron chi connectivity index (χ0n) is 14.0. The number of imidazole rings is 1. The summed E-state index contributed by atoms with van der Waals surface area (Å²) in [6.07, 6.45) is 1.13. The maximum Gasteiger partial charge on any atom is 0.408 e. The summed E-state index contributed by atoms with van der Waals surface area (Å²) < 4.78 is 6.95. The van der Waals surface area contributed by atoms with Gasteiger partial charge in [-0.1, -0.05) is 42.5 Å². The summed E-state index contributed by atoms with van der Waals surface area (Å²) in [5.41, 5.74) is 2.59. The van der Waals surface area contributed by atoms with Gasteiger partial charge in [0, 0.05) is 6.54 Å². The second-order valence-corrected chi connectivity index (χ2v) is 5.81. The molecule has 2 aromatic carbocycles. The number of carbonyl (C=O) groups excluding carboxylic acids is 1. The van der Waals surface area contributed by atoms with Crippen LogP contribution in [0.15, 0.2) is 60.9 Å². The van der Waals surface area contributed by atoms with Crippen LogP contribution in [0.25, 0.3) is 11.0 Å². The van der Waals surface area contributed by atoms with Gasteiger partial charge < -0.3 is 19.7 Å². The zero-order chi connectivity index (χ0) is 18.4. The third kappa shape index (κ3) is 4.38. The fourth-order valence-electron chi connectivity index (χ4n) is 2.62. The van der Waals surface area contributed by atoms with Gasteiger partial charge in [0.25, 0.3) is 0 Å². The highest BCUT2D eigenvalue weighted by molar-refractivity contribution is 5.80. The lowest BCUT2D eigenvalue weighted by Crippen LogP contribution is -2.41. The Bertz CT molecular complexity index is 892. The minimum absolute atomic E-state index is 0.0885. The number of aryl methyl sites for hydroxylation is 1. The molecule has 0 saturated carbocycles. The number of carboxylic acid groups (broad SMARTS) is 1. The number of benzene rings is 2. The molecule has 0 radical (unpaired) electrons. The van der Waals surface area contributed by atoms with Crippen LogP contribution in [0, 0.1) is 0 Å². The summed E-state index contributed by atoms with van der Waals surface area (Å²) in [6, 6.07) is 15.7. The number of hydrogen-bond donors (Lipinski definition) is 2. The van der Waals surface area contributed by atoms with E-state index in [9.17, 15) is 14.7 Å². The summed E-state index contributed by atoms with van der Waals surface area (Å²) in [6.45, 7) is 0.502. The first kappa shape index (κ1) is 17.5. The lowest BCUT2D eigenvalue weighted by atomic mass is 10.2. The van der Waals surface area contributed by atoms with E-state index in [1.807, 2.05) is 59.2 Å². The molecule has 7 nitrogen and oxygen atoms in total. The number of rotatable bonds is 7. The average molecular weight is 353 g/mol. The fraction of sp³-hybridized carbons (Fsp3) is 0.211. The van der Waals surface area contributed by atoms with Crippen molar-refractivity contribution in [2.75, 3.05) is 0 Å². The minimum Gasteiger partial charge on any atom is -0.480 e. The Morgan fingerprint density at radius 1 is 1.12 bits per heavy atom. The first-order chi connectivity index (χ1) is 12.6. The first-order valence-electron chi connectivity index (χ1n) is 8.23. The summed E-state index contributed by atoms with van der Waals surface area (Å²) in [5, 5.41) is 11.8. The van der Waals surface area contributed by atoms with E-state index in [1.54, 1.807) is 6.33 Å². The quantitative estimate of drug-likeness (QED) is 0.681. The molecule has 1 aromatic heterocycles. The van der Waals surface area contributed by atoms with Crippen molar-refractivity contribution in [3.05, 3.63) is 66.5 Å². The molecule has 26 heavy (non-hydrogen) atoms. The number of hydrogen-bond acceptors (Lipinski definition) is 4. The van der Waals surface area contributed by atoms with E-state index < -0.39 is 18.1 Å². The predicted octanol–water partition coefficient (Wildman–Crippen LogP) is 2.81. The molecule has 0 fully saturated rings. The van der Waals surface area contributed by atoms with E-state index in [0.717, 1.165) is 16.6 Å². The third-order valence-electron chi connectivity index (χ3n) is 3.99. The third-order valence-corrected chi connectivity index (χ3v) is 3.99. The van der Waals surface area contributed by atoms with Crippen molar-refractivity contribution in [2.45, 2.75) is 25.6 Å². The standard InChI is InChI=1S/C19H19N3O4/c23-18(24)16(21-19(25)26-12-14-6-2-1-3-7-14)10-11-22-13-20-15-8-4-5-9-17(15)22/h1-9,13,16H,10-12H2,(H,21,25)(H,23,24). The topological polar surface area (TPSA) is 93.5 Å². The van der Waals surface area contributed by atoms with Gasteiger partial charge in [0.05, 0.1) is 17.4 Å². The van der Waals surface area contributed by atoms with Gasteiger partial charge in [0.1, 0.15) is 12.6 Å². The zero-order valence-corrected chi connectivity index (χ0v) is 14.0. The molecule has 1 heterocycles. The molecule has 1 atom stereocenters. The van der Waals surface area contributed by atoms with E-state index >= 15 is 0 Å². The number of fused-ring (bicyclic) bond motifs is 1. The number of alkyl carbamates (subject to hydrolysis) is 1. The van der Waals surface area contributed by atoms with Crippen molar-refractivity contribution >= 4 is 23.1 Å². The summed E-state index contributed by atoms with van der Waals surface area (Å²) >= 11 is 0. The average Bonchev–Trinajstić information content (AvgIpc) is 3.07. The lowest BCUT2D eigenvalue weighted by Gasteiger charge is -2.15. The summed E-state index contributed by atoms with van der Waals surface area (Å²) in [4.78, 5) is 27.6. The van der Waals surface area contributed by atoms with E-state index in [4.69, 9.17) is 4.74 Å². The molecule has 1 amide bonds. The Kier molecular flexibility index (Phi) is 5.48. The Labute approximate surface area is 150 Å². The second-order valence-electron chi connectivity index (χ2n) is 5.81. The van der Waals surface area contributed by atoms with Gasteiger partial charge >= 0.3 is 12.1 Å². The van der Waals surface area contributed by atoms with Gasteiger partial charge in [-0.05, 0) is 24.1 Å². The number of carboxylic acids is 1. The van der Waals surface area contributed by atoms with Gasteiger partial charge in [-0.25, -0.2) is 14.6 Å². The fourth-order valence-corrected chi connectivity index (χ4v) is 2.62. The van der Waals surface area contributed by atoms with Crippen LogP contribution in [-0.2, 0) is 22.7 Å². The molecule has 3 aromatic rings. The Morgan fingerprint density at radius 2 is 1.85 bits per heavy atom. The molecule has 0 aliphatic heterocycles.